The summed E-state index contributed by atoms with van der Waals surface area (Å²) in [4.78, 5) is 9.32. The third kappa shape index (κ3) is 3.89. The Morgan fingerprint density at radius 2 is 2.04 bits per heavy atom. The van der Waals surface area contributed by atoms with Crippen LogP contribution in [0.4, 0.5) is 5.69 Å². The minimum Gasteiger partial charge on any atom is -0.399 e. The lowest BCUT2D eigenvalue weighted by Gasteiger charge is -2.36. The van der Waals surface area contributed by atoms with Crippen molar-refractivity contribution < 1.29 is 4.52 Å². The minimum atomic E-state index is 0.178. The molecule has 2 heterocycles. The molecule has 1 aliphatic heterocycles. The molecule has 0 radical (unpaired) electrons. The molecule has 1 saturated heterocycles. The van der Waals surface area contributed by atoms with Crippen LogP contribution in [0, 0.1) is 0 Å². The van der Waals surface area contributed by atoms with E-state index in [2.05, 4.69) is 39.0 Å². The van der Waals surface area contributed by atoms with Crippen LogP contribution in [-0.2, 0) is 13.0 Å². The lowest BCUT2D eigenvalue weighted by atomic mass is 10.1. The van der Waals surface area contributed by atoms with Gasteiger partial charge in [0, 0.05) is 44.8 Å². The molecule has 124 valence electrons. The van der Waals surface area contributed by atoms with Gasteiger partial charge in [0.15, 0.2) is 5.82 Å². The van der Waals surface area contributed by atoms with Crippen molar-refractivity contribution in [1.29, 1.82) is 0 Å². The van der Waals surface area contributed by atoms with Crippen molar-refractivity contribution in [1.82, 2.24) is 19.9 Å². The topological polar surface area (TPSA) is 71.4 Å². The highest BCUT2D eigenvalue weighted by atomic mass is 16.5. The maximum absolute atomic E-state index is 5.85. The van der Waals surface area contributed by atoms with Gasteiger partial charge in [-0.05, 0) is 24.6 Å². The maximum Gasteiger partial charge on any atom is 0.243 e. The van der Waals surface area contributed by atoms with Gasteiger partial charge >= 0.3 is 0 Å². The normalized spacial score (nSPS) is 18.2. The highest BCUT2D eigenvalue weighted by Gasteiger charge is 2.25. The number of rotatable bonds is 5. The van der Waals surface area contributed by atoms with Crippen LogP contribution in [0.25, 0.3) is 0 Å². The van der Waals surface area contributed by atoms with E-state index in [0.29, 0.717) is 0 Å². The first-order valence-corrected chi connectivity index (χ1v) is 8.29. The summed E-state index contributed by atoms with van der Waals surface area (Å²) in [6, 6.07) is 8.31. The van der Waals surface area contributed by atoms with Crippen LogP contribution in [0.2, 0.25) is 0 Å². The molecule has 0 aliphatic carbocycles. The summed E-state index contributed by atoms with van der Waals surface area (Å²) in [7, 11) is 0. The quantitative estimate of drug-likeness (QED) is 0.852. The zero-order valence-corrected chi connectivity index (χ0v) is 13.9. The van der Waals surface area contributed by atoms with Gasteiger partial charge in [-0.15, -0.1) is 0 Å². The zero-order valence-electron chi connectivity index (χ0n) is 13.9. The number of aromatic nitrogens is 2. The lowest BCUT2D eigenvalue weighted by molar-refractivity contribution is 0.0845. The van der Waals surface area contributed by atoms with Crippen LogP contribution in [0.15, 0.2) is 28.8 Å². The molecule has 6 nitrogen and oxygen atoms in total. The summed E-state index contributed by atoms with van der Waals surface area (Å²) in [5.41, 5.74) is 7.96. The Kier molecular flexibility index (Phi) is 4.93. The van der Waals surface area contributed by atoms with E-state index in [0.717, 1.165) is 56.5 Å². The minimum absolute atomic E-state index is 0.178. The van der Waals surface area contributed by atoms with Crippen molar-refractivity contribution >= 4 is 5.69 Å². The molecule has 3 rings (SSSR count). The van der Waals surface area contributed by atoms with Gasteiger partial charge in [-0.25, -0.2) is 0 Å². The highest BCUT2D eigenvalue weighted by molar-refractivity contribution is 5.40. The Morgan fingerprint density at radius 3 is 2.70 bits per heavy atom. The summed E-state index contributed by atoms with van der Waals surface area (Å²) in [5, 5.41) is 3.99. The Labute approximate surface area is 137 Å². The maximum atomic E-state index is 5.85. The molecule has 1 fully saturated rings. The molecule has 0 bridgehead atoms. The predicted molar refractivity (Wildman–Crippen MR) is 89.8 cm³/mol. The number of nitrogens with zero attached hydrogens (tertiary/aromatic N) is 4. The monoisotopic (exact) mass is 315 g/mol. The molecular formula is C17H25N5O. The van der Waals surface area contributed by atoms with Crippen LogP contribution in [-0.4, -0.2) is 46.1 Å². The second-order valence-electron chi connectivity index (χ2n) is 6.14. The Hall–Kier alpha value is -1.92. The number of nitrogens with two attached hydrogens (primary N) is 1. The van der Waals surface area contributed by atoms with Crippen molar-refractivity contribution in [2.75, 3.05) is 31.9 Å². The largest absolute Gasteiger partial charge is 0.399 e. The van der Waals surface area contributed by atoms with Crippen LogP contribution in [0.1, 0.15) is 37.2 Å². The van der Waals surface area contributed by atoms with Crippen molar-refractivity contribution in [2.24, 2.45) is 0 Å². The van der Waals surface area contributed by atoms with Crippen LogP contribution in [0.5, 0.6) is 0 Å². The summed E-state index contributed by atoms with van der Waals surface area (Å²) in [5.74, 6) is 1.51. The van der Waals surface area contributed by atoms with E-state index >= 15 is 0 Å². The van der Waals surface area contributed by atoms with Crippen molar-refractivity contribution in [3.8, 4) is 0 Å². The molecule has 0 amide bonds. The van der Waals surface area contributed by atoms with E-state index < -0.39 is 0 Å². The Bertz CT molecular complexity index is 633. The van der Waals surface area contributed by atoms with Crippen LogP contribution in [0.3, 0.4) is 0 Å². The molecule has 0 saturated carbocycles. The van der Waals surface area contributed by atoms with Gasteiger partial charge in [0.2, 0.25) is 5.89 Å². The number of piperazine rings is 1. The molecule has 1 aromatic carbocycles. The van der Waals surface area contributed by atoms with Crippen molar-refractivity contribution in [3.05, 3.63) is 41.5 Å². The van der Waals surface area contributed by atoms with E-state index in [-0.39, 0.29) is 6.04 Å². The highest BCUT2D eigenvalue weighted by Crippen LogP contribution is 2.21. The Balaban J connectivity index is 1.53. The standard InChI is InChI=1S/C17H25N5O/c1-3-16-19-17(23-20-16)13(2)22-9-7-21(8-10-22)12-14-5-4-6-15(18)11-14/h4-6,11,13H,3,7-10,12,18H2,1-2H3. The number of anilines is 1. The molecule has 6 heteroatoms. The first-order valence-electron chi connectivity index (χ1n) is 8.29. The second kappa shape index (κ2) is 7.10. The first kappa shape index (κ1) is 16.0. The third-order valence-corrected chi connectivity index (χ3v) is 4.47. The third-order valence-electron chi connectivity index (χ3n) is 4.47. The molecule has 1 atom stereocenters. The van der Waals surface area contributed by atoms with Gasteiger partial charge in [-0.1, -0.05) is 24.2 Å². The van der Waals surface area contributed by atoms with E-state index in [4.69, 9.17) is 10.3 Å². The van der Waals surface area contributed by atoms with Crippen LogP contribution < -0.4 is 5.73 Å². The average molecular weight is 315 g/mol. The summed E-state index contributed by atoms with van der Waals surface area (Å²) < 4.78 is 5.38. The molecule has 2 N–H and O–H groups in total. The van der Waals surface area contributed by atoms with Crippen molar-refractivity contribution in [3.63, 3.8) is 0 Å². The van der Waals surface area contributed by atoms with Gasteiger partial charge in [-0.3, -0.25) is 9.80 Å². The lowest BCUT2D eigenvalue weighted by Crippen LogP contribution is -2.46. The van der Waals surface area contributed by atoms with E-state index in [1.165, 1.54) is 5.56 Å². The van der Waals surface area contributed by atoms with Crippen LogP contribution >= 0.6 is 0 Å². The van der Waals surface area contributed by atoms with E-state index in [9.17, 15) is 0 Å². The van der Waals surface area contributed by atoms with E-state index in [1.807, 2.05) is 19.1 Å². The van der Waals surface area contributed by atoms with Crippen molar-refractivity contribution in [2.45, 2.75) is 32.9 Å². The Morgan fingerprint density at radius 1 is 1.26 bits per heavy atom. The number of hydrogen-bond donors (Lipinski definition) is 1. The van der Waals surface area contributed by atoms with Gasteiger partial charge in [0.05, 0.1) is 6.04 Å². The fraction of sp³-hybridized carbons (Fsp3) is 0.529. The molecule has 23 heavy (non-hydrogen) atoms. The number of aryl methyl sites for hydroxylation is 1. The molecule has 1 aliphatic rings. The summed E-state index contributed by atoms with van der Waals surface area (Å²) >= 11 is 0. The molecular weight excluding hydrogens is 290 g/mol. The van der Waals surface area contributed by atoms with Gasteiger partial charge in [0.25, 0.3) is 0 Å². The molecule has 0 spiro atoms. The average Bonchev–Trinajstić information content (AvgIpc) is 3.04. The van der Waals surface area contributed by atoms with Gasteiger partial charge in [0.1, 0.15) is 0 Å². The molecule has 2 aromatic rings. The molecule has 1 aromatic heterocycles. The fourth-order valence-corrected chi connectivity index (χ4v) is 3.00. The number of nitrogen functional groups attached to an aromatic ring is 1. The number of benzene rings is 1. The van der Waals surface area contributed by atoms with Gasteiger partial charge < -0.3 is 10.3 Å². The first-order chi connectivity index (χ1) is 11.2. The molecule has 1 unspecified atom stereocenters. The predicted octanol–water partition coefficient (Wildman–Crippen LogP) is 2.09. The SMILES string of the molecule is CCc1noc(C(C)N2CCN(Cc3cccc(N)c3)CC2)n1. The second-order valence-corrected chi connectivity index (χ2v) is 6.14. The summed E-state index contributed by atoms with van der Waals surface area (Å²) in [6.07, 6.45) is 0.810. The smallest absolute Gasteiger partial charge is 0.243 e. The number of hydrogen-bond acceptors (Lipinski definition) is 6. The zero-order chi connectivity index (χ0) is 16.2. The fourth-order valence-electron chi connectivity index (χ4n) is 3.00. The van der Waals surface area contributed by atoms with E-state index in [1.54, 1.807) is 0 Å². The summed E-state index contributed by atoms with van der Waals surface area (Å²) in [6.45, 7) is 9.21. The van der Waals surface area contributed by atoms with Gasteiger partial charge in [-0.2, -0.15) is 4.98 Å².